The summed E-state index contributed by atoms with van der Waals surface area (Å²) in [5.41, 5.74) is 11.1. The molecule has 0 spiro atoms. The summed E-state index contributed by atoms with van der Waals surface area (Å²) in [7, 11) is 0. The molecular formula is C18H29N7O6. The topological polar surface area (TPSA) is 222 Å². The Balaban J connectivity index is 3.04. The van der Waals surface area contributed by atoms with Crippen molar-refractivity contribution >= 4 is 29.6 Å². The number of nitrogens with two attached hydrogens (primary N) is 2. The number of H-pyrrole nitrogens is 1. The van der Waals surface area contributed by atoms with Gasteiger partial charge in [0.15, 0.2) is 0 Å². The van der Waals surface area contributed by atoms with Gasteiger partial charge in [0.25, 0.3) is 0 Å². The Morgan fingerprint density at radius 3 is 2.10 bits per heavy atom. The fourth-order valence-corrected chi connectivity index (χ4v) is 2.58. The van der Waals surface area contributed by atoms with Gasteiger partial charge in [-0.3, -0.25) is 19.2 Å². The van der Waals surface area contributed by atoms with Crippen LogP contribution in [0.15, 0.2) is 12.5 Å². The SMILES string of the molecule is CC(N)C(=O)NC(C(=O)NC(Cc1cnc[nH]1)C(=O)NC(CC(N)=O)C(=O)O)C(C)C. The summed E-state index contributed by atoms with van der Waals surface area (Å²) in [6.45, 7) is 4.86. The number of aromatic nitrogens is 2. The molecule has 31 heavy (non-hydrogen) atoms. The van der Waals surface area contributed by atoms with Crippen molar-refractivity contribution in [2.24, 2.45) is 17.4 Å². The lowest BCUT2D eigenvalue weighted by Crippen LogP contribution is -2.58. The highest BCUT2D eigenvalue weighted by atomic mass is 16.4. The number of carboxylic acids is 1. The molecule has 13 nitrogen and oxygen atoms in total. The monoisotopic (exact) mass is 439 g/mol. The minimum atomic E-state index is -1.56. The summed E-state index contributed by atoms with van der Waals surface area (Å²) in [6.07, 6.45) is 2.14. The van der Waals surface area contributed by atoms with Crippen molar-refractivity contribution in [2.75, 3.05) is 0 Å². The third-order valence-corrected chi connectivity index (χ3v) is 4.29. The maximum atomic E-state index is 12.8. The number of aromatic amines is 1. The van der Waals surface area contributed by atoms with E-state index in [4.69, 9.17) is 11.5 Å². The van der Waals surface area contributed by atoms with E-state index in [0.29, 0.717) is 5.69 Å². The number of carboxylic acid groups (broad SMARTS) is 1. The first kappa shape index (κ1) is 25.6. The Kier molecular flexibility index (Phi) is 9.60. The maximum Gasteiger partial charge on any atom is 0.326 e. The third-order valence-electron chi connectivity index (χ3n) is 4.29. The summed E-state index contributed by atoms with van der Waals surface area (Å²) in [5.74, 6) is -4.76. The second-order valence-corrected chi connectivity index (χ2v) is 7.43. The van der Waals surface area contributed by atoms with E-state index < -0.39 is 60.2 Å². The molecule has 0 bridgehead atoms. The lowest BCUT2D eigenvalue weighted by molar-refractivity contribution is -0.143. The zero-order valence-corrected chi connectivity index (χ0v) is 17.5. The standard InChI is InChI=1S/C18H29N7O6/c1-8(2)14(25-15(27)9(3)19)17(29)23-11(4-10-6-21-7-22-10)16(28)24-12(18(30)31)5-13(20)26/h6-9,11-12,14H,4-5,19H2,1-3H3,(H2,20,26)(H,21,22)(H,23,29)(H,24,28)(H,25,27)(H,30,31). The molecule has 0 aliphatic rings. The molecule has 1 rings (SSSR count). The van der Waals surface area contributed by atoms with Crippen molar-refractivity contribution in [3.8, 4) is 0 Å². The van der Waals surface area contributed by atoms with Gasteiger partial charge >= 0.3 is 5.97 Å². The van der Waals surface area contributed by atoms with Gasteiger partial charge in [0.05, 0.1) is 18.8 Å². The van der Waals surface area contributed by atoms with Gasteiger partial charge in [-0.05, 0) is 12.8 Å². The number of primary amides is 1. The number of imidazole rings is 1. The van der Waals surface area contributed by atoms with Crippen molar-refractivity contribution in [3.63, 3.8) is 0 Å². The highest BCUT2D eigenvalue weighted by Crippen LogP contribution is 2.06. The van der Waals surface area contributed by atoms with Crippen LogP contribution in [0.25, 0.3) is 0 Å². The van der Waals surface area contributed by atoms with Gasteiger partial charge in [-0.2, -0.15) is 0 Å². The number of carbonyl (C=O) groups excluding carboxylic acids is 4. The van der Waals surface area contributed by atoms with Crippen LogP contribution in [0.3, 0.4) is 0 Å². The van der Waals surface area contributed by atoms with Crippen molar-refractivity contribution < 1.29 is 29.1 Å². The molecule has 4 unspecified atom stereocenters. The Morgan fingerprint density at radius 1 is 1.03 bits per heavy atom. The van der Waals surface area contributed by atoms with Crippen LogP contribution in [-0.2, 0) is 30.4 Å². The quantitative estimate of drug-likeness (QED) is 0.182. The summed E-state index contributed by atoms with van der Waals surface area (Å²) in [4.78, 5) is 66.6. The lowest BCUT2D eigenvalue weighted by atomic mass is 10.0. The Bertz CT molecular complexity index is 793. The number of rotatable bonds is 12. The lowest BCUT2D eigenvalue weighted by Gasteiger charge is -2.26. The van der Waals surface area contributed by atoms with E-state index in [1.165, 1.54) is 19.4 Å². The van der Waals surface area contributed by atoms with E-state index in [2.05, 4.69) is 25.9 Å². The van der Waals surface area contributed by atoms with E-state index >= 15 is 0 Å². The Hall–Kier alpha value is -3.48. The predicted molar refractivity (Wildman–Crippen MR) is 108 cm³/mol. The van der Waals surface area contributed by atoms with Gasteiger partial charge in [-0.15, -0.1) is 0 Å². The Morgan fingerprint density at radius 2 is 1.65 bits per heavy atom. The molecule has 0 saturated carbocycles. The molecule has 0 saturated heterocycles. The molecule has 1 aromatic heterocycles. The van der Waals surface area contributed by atoms with E-state index in [0.717, 1.165) is 0 Å². The molecule has 172 valence electrons. The molecule has 4 amide bonds. The summed E-state index contributed by atoms with van der Waals surface area (Å²) in [5, 5.41) is 16.5. The molecule has 0 aliphatic carbocycles. The van der Waals surface area contributed by atoms with E-state index in [1.807, 2.05) is 0 Å². The predicted octanol–water partition coefficient (Wildman–Crippen LogP) is -2.63. The number of nitrogens with one attached hydrogen (secondary N) is 4. The van der Waals surface area contributed by atoms with Gasteiger partial charge in [0.1, 0.15) is 18.1 Å². The average molecular weight is 439 g/mol. The minimum Gasteiger partial charge on any atom is -0.480 e. The zero-order valence-electron chi connectivity index (χ0n) is 17.5. The van der Waals surface area contributed by atoms with Crippen LogP contribution in [0, 0.1) is 5.92 Å². The van der Waals surface area contributed by atoms with Crippen molar-refractivity contribution in [3.05, 3.63) is 18.2 Å². The van der Waals surface area contributed by atoms with Gasteiger partial charge in [0, 0.05) is 18.3 Å². The highest BCUT2D eigenvalue weighted by molar-refractivity contribution is 5.95. The van der Waals surface area contributed by atoms with E-state index in [-0.39, 0.29) is 12.3 Å². The van der Waals surface area contributed by atoms with Crippen LogP contribution in [0.4, 0.5) is 0 Å². The van der Waals surface area contributed by atoms with Crippen molar-refractivity contribution in [1.29, 1.82) is 0 Å². The zero-order chi connectivity index (χ0) is 23.7. The van der Waals surface area contributed by atoms with Crippen molar-refractivity contribution in [2.45, 2.75) is 57.8 Å². The number of amides is 4. The molecule has 9 N–H and O–H groups in total. The number of hydrogen-bond acceptors (Lipinski definition) is 7. The number of hydrogen-bond donors (Lipinski definition) is 7. The first-order valence-electron chi connectivity index (χ1n) is 9.57. The summed E-state index contributed by atoms with van der Waals surface area (Å²) in [6, 6.07) is -4.62. The second kappa shape index (κ2) is 11.6. The second-order valence-electron chi connectivity index (χ2n) is 7.43. The van der Waals surface area contributed by atoms with Crippen LogP contribution in [0.5, 0.6) is 0 Å². The molecule has 0 radical (unpaired) electrons. The van der Waals surface area contributed by atoms with Crippen LogP contribution >= 0.6 is 0 Å². The van der Waals surface area contributed by atoms with Gasteiger partial charge in [0.2, 0.25) is 23.6 Å². The van der Waals surface area contributed by atoms with Crippen LogP contribution in [0.1, 0.15) is 32.9 Å². The molecule has 13 heteroatoms. The smallest absolute Gasteiger partial charge is 0.326 e. The van der Waals surface area contributed by atoms with Gasteiger partial charge < -0.3 is 37.5 Å². The van der Waals surface area contributed by atoms with Gasteiger partial charge in [-0.25, -0.2) is 9.78 Å². The molecular weight excluding hydrogens is 410 g/mol. The first-order chi connectivity index (χ1) is 14.4. The first-order valence-corrected chi connectivity index (χ1v) is 9.57. The molecule has 0 aliphatic heterocycles. The Labute approximate surface area is 178 Å². The molecule has 1 aromatic rings. The number of aliphatic carboxylic acids is 1. The fraction of sp³-hybridized carbons (Fsp3) is 0.556. The van der Waals surface area contributed by atoms with Crippen LogP contribution < -0.4 is 27.4 Å². The van der Waals surface area contributed by atoms with Crippen LogP contribution in [0.2, 0.25) is 0 Å². The number of carbonyl (C=O) groups is 5. The summed E-state index contributed by atoms with van der Waals surface area (Å²) >= 11 is 0. The average Bonchev–Trinajstić information content (AvgIpc) is 3.16. The largest absolute Gasteiger partial charge is 0.480 e. The normalized spacial score (nSPS) is 14.7. The van der Waals surface area contributed by atoms with E-state index in [9.17, 15) is 29.1 Å². The minimum absolute atomic E-state index is 0.0491. The van der Waals surface area contributed by atoms with E-state index in [1.54, 1.807) is 13.8 Å². The fourth-order valence-electron chi connectivity index (χ4n) is 2.58. The third kappa shape index (κ3) is 8.42. The van der Waals surface area contributed by atoms with Crippen LogP contribution in [-0.4, -0.2) is 68.8 Å². The molecule has 1 heterocycles. The molecule has 0 aromatic carbocycles. The van der Waals surface area contributed by atoms with Gasteiger partial charge in [-0.1, -0.05) is 13.8 Å². The molecule has 0 fully saturated rings. The number of nitrogens with zero attached hydrogens (tertiary/aromatic N) is 1. The molecule has 4 atom stereocenters. The van der Waals surface area contributed by atoms with Crippen molar-refractivity contribution in [1.82, 2.24) is 25.9 Å². The highest BCUT2D eigenvalue weighted by Gasteiger charge is 2.32. The maximum absolute atomic E-state index is 12.8. The summed E-state index contributed by atoms with van der Waals surface area (Å²) < 4.78 is 0.